The van der Waals surface area contributed by atoms with E-state index in [0.717, 1.165) is 0 Å². The Morgan fingerprint density at radius 1 is 0.348 bits per heavy atom. The molecule has 8 aromatic carbocycles. The van der Waals surface area contributed by atoms with Crippen molar-refractivity contribution >= 4 is 66.7 Å². The second-order valence-electron chi connectivity index (χ2n) is 11.9. The van der Waals surface area contributed by atoms with Crippen LogP contribution in [0.2, 0.25) is 0 Å². The van der Waals surface area contributed by atoms with Gasteiger partial charge in [-0.2, -0.15) is 0 Å². The van der Waals surface area contributed by atoms with E-state index in [4.69, 9.17) is 0 Å². The van der Waals surface area contributed by atoms with Gasteiger partial charge >= 0.3 is 286 Å². The summed E-state index contributed by atoms with van der Waals surface area (Å²) in [6, 6.07) is 60.8. The zero-order chi connectivity index (χ0) is 30.6. The average Bonchev–Trinajstić information content (AvgIpc) is 3.50. The van der Waals surface area contributed by atoms with Gasteiger partial charge in [0.1, 0.15) is 0 Å². The van der Waals surface area contributed by atoms with Gasteiger partial charge in [-0.3, -0.25) is 0 Å². The van der Waals surface area contributed by atoms with Crippen molar-refractivity contribution in [1.82, 2.24) is 0 Å². The molecule has 8 aromatic rings. The Morgan fingerprint density at radius 2 is 0.870 bits per heavy atom. The van der Waals surface area contributed by atoms with Crippen LogP contribution in [0, 0.1) is 0 Å². The molecule has 46 heavy (non-hydrogen) atoms. The van der Waals surface area contributed by atoms with Gasteiger partial charge in [-0.1, -0.05) is 0 Å². The Morgan fingerprint density at radius 3 is 1.65 bits per heavy atom. The normalized spacial score (nSPS) is 11.9. The van der Waals surface area contributed by atoms with Crippen LogP contribution in [0.4, 0.5) is 0 Å². The molecular formula is C44H27Ge2. The van der Waals surface area contributed by atoms with Gasteiger partial charge in [-0.15, -0.1) is 0 Å². The summed E-state index contributed by atoms with van der Waals surface area (Å²) in [4.78, 5) is 0. The third kappa shape index (κ3) is 4.51. The van der Waals surface area contributed by atoms with Gasteiger partial charge in [0.25, 0.3) is 0 Å². The van der Waals surface area contributed by atoms with Crippen LogP contribution in [-0.2, 0) is 0 Å². The van der Waals surface area contributed by atoms with Crippen LogP contribution >= 0.6 is 0 Å². The fourth-order valence-electron chi connectivity index (χ4n) is 7.26. The third-order valence-electron chi connectivity index (χ3n) is 9.35. The Labute approximate surface area is 284 Å². The van der Waals surface area contributed by atoms with E-state index in [1.54, 1.807) is 4.40 Å². The van der Waals surface area contributed by atoms with Crippen LogP contribution in [0.5, 0.6) is 0 Å². The first kappa shape index (κ1) is 27.7. The summed E-state index contributed by atoms with van der Waals surface area (Å²) in [5.41, 5.74) is 13.1. The zero-order valence-corrected chi connectivity index (χ0v) is 29.3. The maximum absolute atomic E-state index is 2.48. The Bertz CT molecular complexity index is 2460. The Kier molecular flexibility index (Phi) is 6.80. The molecule has 0 saturated heterocycles. The molecule has 0 aliphatic carbocycles. The first-order valence-electron chi connectivity index (χ1n) is 15.7. The van der Waals surface area contributed by atoms with Crippen LogP contribution in [-0.4, -0.2) is 31.9 Å². The number of fused-ring (bicyclic) bond motifs is 5. The standard InChI is InChI=1S/C44H27Ge2/c45-41-24-6-4-16-32(41)30-15-8-14-29(26-30)31-18-9-20-35-39(31)27-40-33(19-10-21-36(40)43(35)28-12-2-1-3-13-28)37-22-11-23-38-34-17-5-7-25-42(34)46-44(37)38/h1-27H. The fourth-order valence-corrected chi connectivity index (χ4v) is 11.1. The van der Waals surface area contributed by atoms with E-state index in [0.29, 0.717) is 0 Å². The van der Waals surface area contributed by atoms with Crippen molar-refractivity contribution in [3.8, 4) is 55.6 Å². The van der Waals surface area contributed by atoms with Gasteiger partial charge in [-0.25, -0.2) is 0 Å². The minimum atomic E-state index is -0.429. The molecule has 2 heteroatoms. The van der Waals surface area contributed by atoms with E-state index in [1.165, 1.54) is 86.0 Å². The fraction of sp³-hybridized carbons (Fsp3) is 0. The molecule has 0 nitrogen and oxygen atoms in total. The van der Waals surface area contributed by atoms with Gasteiger partial charge in [0.05, 0.1) is 0 Å². The van der Waals surface area contributed by atoms with Crippen LogP contribution in [0.3, 0.4) is 0 Å². The van der Waals surface area contributed by atoms with E-state index >= 15 is 0 Å². The molecule has 1 aliphatic heterocycles. The molecule has 0 saturated carbocycles. The van der Waals surface area contributed by atoms with E-state index in [-0.39, 0.29) is 0 Å². The van der Waals surface area contributed by atoms with Gasteiger partial charge < -0.3 is 0 Å². The summed E-state index contributed by atoms with van der Waals surface area (Å²) in [6.07, 6.45) is 0. The van der Waals surface area contributed by atoms with Crippen molar-refractivity contribution in [2.24, 2.45) is 0 Å². The van der Waals surface area contributed by atoms with Crippen molar-refractivity contribution in [2.45, 2.75) is 0 Å². The average molecular weight is 701 g/mol. The molecule has 1 heterocycles. The number of rotatable bonds is 4. The predicted octanol–water partition coefficient (Wildman–Crippen LogP) is 9.09. The summed E-state index contributed by atoms with van der Waals surface area (Å²) in [5, 5.41) is 5.19. The molecule has 0 bridgehead atoms. The third-order valence-corrected chi connectivity index (χ3v) is 13.4. The van der Waals surface area contributed by atoms with Crippen LogP contribution in [0.15, 0.2) is 164 Å². The van der Waals surface area contributed by atoms with E-state index in [2.05, 4.69) is 180 Å². The molecule has 0 unspecified atom stereocenters. The Hall–Kier alpha value is -4.63. The quantitative estimate of drug-likeness (QED) is 0.127. The van der Waals surface area contributed by atoms with Crippen molar-refractivity contribution < 1.29 is 0 Å². The van der Waals surface area contributed by atoms with Gasteiger partial charge in [0.2, 0.25) is 0 Å². The Balaban J connectivity index is 1.34. The molecule has 0 N–H and O–H groups in total. The SMILES string of the molecule is [Ge][c]1ccccc1-c1cccc(-c2cccc3c(-c4ccccc4)c4cccc(-c5cccc6[c]5[Ge][c]5ccccc5-6)c4cc23)c1. The van der Waals surface area contributed by atoms with Crippen molar-refractivity contribution in [3.05, 3.63) is 164 Å². The molecule has 0 fully saturated rings. The first-order valence-corrected chi connectivity index (χ1v) is 18.8. The van der Waals surface area contributed by atoms with E-state index < -0.39 is 15.4 Å². The monoisotopic (exact) mass is 703 g/mol. The zero-order valence-electron chi connectivity index (χ0n) is 25.1. The van der Waals surface area contributed by atoms with Crippen LogP contribution < -0.4 is 13.2 Å². The summed E-state index contributed by atoms with van der Waals surface area (Å²) in [5.74, 6) is 0. The van der Waals surface area contributed by atoms with Crippen molar-refractivity contribution in [1.29, 1.82) is 0 Å². The van der Waals surface area contributed by atoms with Crippen LogP contribution in [0.1, 0.15) is 0 Å². The molecule has 0 amide bonds. The molecule has 211 valence electrons. The minimum absolute atomic E-state index is 0.429. The van der Waals surface area contributed by atoms with Crippen LogP contribution in [0.25, 0.3) is 77.2 Å². The number of benzene rings is 8. The molecule has 1 aliphatic rings. The molecule has 0 spiro atoms. The second-order valence-corrected chi connectivity index (χ2v) is 15.8. The molecule has 9 rings (SSSR count). The van der Waals surface area contributed by atoms with E-state index in [1.807, 2.05) is 0 Å². The first-order chi connectivity index (χ1) is 22.7. The maximum atomic E-state index is 2.48. The summed E-state index contributed by atoms with van der Waals surface area (Å²) < 4.78 is 4.38. The predicted molar refractivity (Wildman–Crippen MR) is 199 cm³/mol. The number of hydrogen-bond acceptors (Lipinski definition) is 0. The molecule has 0 aromatic heterocycles. The topological polar surface area (TPSA) is 0 Å². The van der Waals surface area contributed by atoms with Crippen molar-refractivity contribution in [2.75, 3.05) is 0 Å². The van der Waals surface area contributed by atoms with Gasteiger partial charge in [-0.05, 0) is 0 Å². The molecule has 0 atom stereocenters. The second kappa shape index (κ2) is 11.3. The summed E-state index contributed by atoms with van der Waals surface area (Å²) >= 11 is 1.77. The summed E-state index contributed by atoms with van der Waals surface area (Å²) in [7, 11) is 0. The summed E-state index contributed by atoms with van der Waals surface area (Å²) in [6.45, 7) is 0. The van der Waals surface area contributed by atoms with Gasteiger partial charge in [0.15, 0.2) is 0 Å². The van der Waals surface area contributed by atoms with E-state index in [9.17, 15) is 0 Å². The molecular weight excluding hydrogens is 674 g/mol. The molecule has 5 radical (unpaired) electrons. The van der Waals surface area contributed by atoms with Crippen molar-refractivity contribution in [3.63, 3.8) is 0 Å². The number of hydrogen-bond donors (Lipinski definition) is 0. The van der Waals surface area contributed by atoms with Gasteiger partial charge in [0, 0.05) is 0 Å².